The first-order valence-corrected chi connectivity index (χ1v) is 48.8. The first-order valence-electron chi connectivity index (χ1n) is 42.7. The van der Waals surface area contributed by atoms with Gasteiger partial charge in [0.15, 0.2) is 112 Å². The number of ether oxygens (including phenoxy) is 12. The number of terminal acetylenes is 2. The number of alkyl halides is 5. The van der Waals surface area contributed by atoms with Crippen LogP contribution in [-0.4, -0.2) is 303 Å². The maximum atomic E-state index is 14.5. The van der Waals surface area contributed by atoms with Crippen molar-refractivity contribution in [2.45, 2.75) is 284 Å². The van der Waals surface area contributed by atoms with Crippen molar-refractivity contribution in [3.05, 3.63) is 160 Å². The Bertz CT molecular complexity index is 5090. The van der Waals surface area contributed by atoms with Crippen LogP contribution in [0.25, 0.3) is 0 Å². The Balaban J connectivity index is 0.000000136. The van der Waals surface area contributed by atoms with E-state index in [0.29, 0.717) is 19.7 Å². The van der Waals surface area contributed by atoms with Crippen LogP contribution in [0.3, 0.4) is 0 Å². The molecule has 133 heavy (non-hydrogen) atoms. The summed E-state index contributed by atoms with van der Waals surface area (Å²) in [5, 5.41) is 61.7. The molecule has 712 valence electrons. The zero-order valence-electron chi connectivity index (χ0n) is 72.0. The van der Waals surface area contributed by atoms with Gasteiger partial charge in [-0.2, -0.15) is 0 Å². The van der Waals surface area contributed by atoms with E-state index in [9.17, 15) is 92.6 Å². The molecule has 0 aromatic rings. The van der Waals surface area contributed by atoms with Gasteiger partial charge in [0.1, 0.15) is 36.3 Å². The Morgan fingerprint density at radius 3 is 1.11 bits per heavy atom. The van der Waals surface area contributed by atoms with Crippen LogP contribution in [0.5, 0.6) is 0 Å². The molecule has 41 heteroatoms. The standard InChI is InChI=1S/C18H20INO5.C18H21NO5.C17H18INO5.C13H13FINO5.C13H14INO5.C13H13NO5/c1-2-6-18-15(24-17(25-18)7-3-4-8-17)13(11-19)23-16(18)20-9-5-12(21)10-14(20)22;1-3-13-15-18(4-2,24-17(23-15)8-5-6-9-17)16(22-13)19-10-7-12(20)11-14(19)21;1-2-17-14(23-16(24-17)6-3-4-7-16)12(10-18)22-15(17)19-8-5-11(20)9-13(19)21;1-2-4-12(20)10(19)13(14,7-15)21-11(12)16-5-3-8(17)6-9(16)18;1-2-4-13(19)11(18)9(7-14)20-12(13)15-5-3-8(16)6-10(15)17;1-3-5-13(18)11(17)8(2)19-12(13)14-6-4-9(15)7-10(14)16/h5-6,9,13,15-16H,1,3-4,7-8,10-11H2;2,7,10,13,15-16H,3,5-6,8-9,11H2,1H3;1,5,8,12,14-15H,3-4,6-7,9-10H2;3-5,10-11,19-20H,1,6-7H2;3-5,9,11-12,18-19H,1,6-7H2;4-6,11-12,17-18H,1-2,7H2/t2*13-,15-,16-,18-;12-,14-,15-,17-;10-,11+,12+,13+;9-,11-,12-,13-;11-,12-,13-/m111011/s1. The quantitative estimate of drug-likeness (QED) is 0.0416. The molecule has 3 aliphatic carbocycles. The first-order chi connectivity index (χ1) is 63.2. The minimum Gasteiger partial charge on any atom is -0.469 e. The fourth-order valence-electron chi connectivity index (χ4n) is 19.2. The van der Waals surface area contributed by atoms with Crippen molar-refractivity contribution in [1.29, 1.82) is 0 Å². The second-order valence-electron chi connectivity index (χ2n) is 34.2. The Labute approximate surface area is 818 Å². The number of carbonyl (C=O) groups excluding carboxylic acids is 12. The molecule has 0 unspecified atom stereocenters. The molecule has 15 aliphatic heterocycles. The number of allylic oxidation sites excluding steroid dienone is 6. The van der Waals surface area contributed by atoms with Gasteiger partial charge in [-0.05, 0) is 106 Å². The van der Waals surface area contributed by atoms with Gasteiger partial charge in [-0.3, -0.25) is 86.9 Å². The third-order valence-corrected chi connectivity index (χ3v) is 29.2. The number of halogens is 5. The van der Waals surface area contributed by atoms with Crippen molar-refractivity contribution in [2.24, 2.45) is 0 Å². The lowest BCUT2D eigenvalue weighted by Crippen LogP contribution is -2.55. The molecule has 0 aromatic carbocycles. The molecule has 0 aromatic heterocycles. The number of hydrogen-bond acceptors (Lipinski definition) is 30. The van der Waals surface area contributed by atoms with Gasteiger partial charge in [0.2, 0.25) is 58.7 Å². The second-order valence-corrected chi connectivity index (χ2v) is 37.6. The van der Waals surface area contributed by atoms with E-state index in [0.717, 1.165) is 116 Å². The van der Waals surface area contributed by atoms with E-state index in [2.05, 4.69) is 113 Å². The first kappa shape index (κ1) is 103. The fraction of sp³-hybridized carbons (Fsp3) is 0.543. The summed E-state index contributed by atoms with van der Waals surface area (Å²) < 4.78 is 88.5. The van der Waals surface area contributed by atoms with Crippen molar-refractivity contribution in [1.82, 2.24) is 29.4 Å². The Kier molecular flexibility index (Phi) is 31.7. The van der Waals surface area contributed by atoms with E-state index in [4.69, 9.17) is 69.7 Å². The number of amides is 6. The Morgan fingerprint density at radius 1 is 0.421 bits per heavy atom. The van der Waals surface area contributed by atoms with Crippen molar-refractivity contribution >= 4 is 161 Å². The lowest BCUT2D eigenvalue weighted by molar-refractivity contribution is -0.228. The molecule has 3 spiro atoms. The monoisotopic (exact) mass is 2290 g/mol. The summed E-state index contributed by atoms with van der Waals surface area (Å²) in [6, 6.07) is 0. The molecular formula is C92H99FI4N6O30. The normalized spacial score (nSPS) is 38.6. The van der Waals surface area contributed by atoms with Crippen molar-refractivity contribution in [3.8, 4) is 24.7 Å². The van der Waals surface area contributed by atoms with Crippen LogP contribution in [0.2, 0.25) is 0 Å². The Morgan fingerprint density at radius 2 is 0.737 bits per heavy atom. The molecule has 9 saturated heterocycles. The summed E-state index contributed by atoms with van der Waals surface area (Å²) in [5.41, 5.74) is 0.717. The van der Waals surface area contributed by atoms with Gasteiger partial charge in [-0.15, -0.1) is 35.8 Å². The average molecular weight is 2300 g/mol. The largest absolute Gasteiger partial charge is 0.469 e. The van der Waals surface area contributed by atoms with E-state index in [1.165, 1.54) is 82.2 Å². The Hall–Kier alpha value is -7.81. The lowest BCUT2D eigenvalue weighted by Gasteiger charge is -2.37. The van der Waals surface area contributed by atoms with Crippen molar-refractivity contribution in [3.63, 3.8) is 0 Å². The molecule has 15 heterocycles. The van der Waals surface area contributed by atoms with Gasteiger partial charge in [0.05, 0.1) is 67.4 Å². The van der Waals surface area contributed by atoms with Crippen LogP contribution in [0.4, 0.5) is 4.39 Å². The van der Waals surface area contributed by atoms with Gasteiger partial charge in [-0.1, -0.05) is 142 Å². The number of nitrogens with zero attached hydrogens (tertiary/aromatic N) is 6. The van der Waals surface area contributed by atoms with Crippen LogP contribution >= 0.6 is 90.4 Å². The highest BCUT2D eigenvalue weighted by Gasteiger charge is 2.74. The molecule has 23 atom stereocenters. The van der Waals surface area contributed by atoms with Crippen LogP contribution in [-0.2, 0) is 114 Å². The summed E-state index contributed by atoms with van der Waals surface area (Å²) in [6.07, 6.45) is 29.6. The van der Waals surface area contributed by atoms with Crippen LogP contribution < -0.4 is 0 Å². The maximum absolute atomic E-state index is 14.5. The lowest BCUT2D eigenvalue weighted by atomic mass is 9.92. The summed E-state index contributed by atoms with van der Waals surface area (Å²) in [7, 11) is 0. The van der Waals surface area contributed by atoms with E-state index < -0.39 is 161 Å². The van der Waals surface area contributed by atoms with Gasteiger partial charge >= 0.3 is 0 Å². The molecular weight excluding hydrogens is 2200 g/mol. The molecule has 0 bridgehead atoms. The molecule has 18 aliphatic rings. The predicted molar refractivity (Wildman–Crippen MR) is 492 cm³/mol. The van der Waals surface area contributed by atoms with E-state index >= 15 is 0 Å². The average Bonchev–Trinajstić information content (AvgIpc) is 1.55. The summed E-state index contributed by atoms with van der Waals surface area (Å²) >= 11 is 8.16. The number of fused-ring (bicyclic) bond motifs is 3. The number of ketones is 6. The molecule has 12 fully saturated rings. The third kappa shape index (κ3) is 19.3. The summed E-state index contributed by atoms with van der Waals surface area (Å²) in [6.45, 7) is 19.2. The highest BCUT2D eigenvalue weighted by molar-refractivity contribution is 14.1. The van der Waals surface area contributed by atoms with Crippen LogP contribution in [0, 0.1) is 24.7 Å². The number of aliphatic hydroxyl groups excluding tert-OH is 3. The SMILES string of the molecule is C#C[C@@]12OC3(CCCC3)O[C@@H]1[C@@H](CC)O[C@H]2N1C=CC(=O)CC1=O.C#C[C@@]12OC3(CCCC3)O[C@@H]1[C@@H](CI)O[C@H]2N1C=CC(=O)CC1=O.C=C=C[C@@]1(O)[C@H](O)C(=C)O[C@H]1N1C=CC(=O)CC1=O.C=C=C[C@@]1(O)[C@H](O)[C@@H](CI)O[C@H]1N1C=CC(=O)CC1=O.C=C=C[C@@]12OC3(CCCC3)O[C@@H]1[C@@H](CI)O[C@H]2N1C=CC(=O)CC1=O.C=C=C[C@]1(O)[C@H](N2C=CC(=O)CC2=O)O[C@](F)(CI)[C@H]1O. The highest BCUT2D eigenvalue weighted by atomic mass is 127. The molecule has 3 saturated carbocycles. The maximum Gasteiger partial charge on any atom is 0.249 e. The van der Waals surface area contributed by atoms with Crippen LogP contribution in [0.15, 0.2) is 160 Å². The zero-order chi connectivity index (χ0) is 96.5. The minimum absolute atomic E-state index is 0.0721. The number of rotatable bonds is 15. The smallest absolute Gasteiger partial charge is 0.249 e. The third-order valence-electron chi connectivity index (χ3n) is 25.5. The van der Waals surface area contributed by atoms with Gasteiger partial charge < -0.3 is 87.5 Å². The second kappa shape index (κ2) is 41.1. The van der Waals surface area contributed by atoms with E-state index in [-0.39, 0.29) is 113 Å². The number of hydrogen-bond donors (Lipinski definition) is 6. The minimum atomic E-state index is -2.54. The zero-order valence-corrected chi connectivity index (χ0v) is 80.6. The number of aliphatic hydroxyl groups is 6. The molecule has 18 rings (SSSR count). The van der Waals surface area contributed by atoms with Crippen LogP contribution in [0.1, 0.15) is 129 Å². The van der Waals surface area contributed by atoms with E-state index in [1.54, 1.807) is 28.7 Å². The molecule has 0 radical (unpaired) electrons. The van der Waals surface area contributed by atoms with Gasteiger partial charge in [-0.25, -0.2) is 4.39 Å². The number of carbonyl (C=O) groups is 12. The van der Waals surface area contributed by atoms with E-state index in [1.807, 2.05) is 29.5 Å². The topological polar surface area (TPSA) is 456 Å². The molecule has 6 N–H and O–H groups in total. The van der Waals surface area contributed by atoms with Crippen molar-refractivity contribution in [2.75, 3.05) is 17.7 Å². The van der Waals surface area contributed by atoms with Gasteiger partial charge in [0.25, 0.3) is 0 Å². The fourth-order valence-corrected chi connectivity index (χ4v) is 21.8. The highest BCUT2D eigenvalue weighted by Crippen LogP contribution is 2.58. The predicted octanol–water partition coefficient (Wildman–Crippen LogP) is 4.93. The summed E-state index contributed by atoms with van der Waals surface area (Å²) in [5.74, 6) is -3.38. The molecule has 36 nitrogen and oxygen atoms in total. The molecule has 6 amide bonds. The van der Waals surface area contributed by atoms with Gasteiger partial charge in [0, 0.05) is 89.0 Å². The summed E-state index contributed by atoms with van der Waals surface area (Å²) in [4.78, 5) is 148. The van der Waals surface area contributed by atoms with Crippen molar-refractivity contribution < 1.29 is 149 Å².